The molecule has 5 heteroatoms. The molecular weight excluding hydrogens is 290 g/mol. The predicted molar refractivity (Wildman–Crippen MR) is 67.7 cm³/mol. The van der Waals surface area contributed by atoms with Crippen molar-refractivity contribution >= 4 is 26.0 Å². The Morgan fingerprint density at radius 2 is 1.94 bits per heavy atom. The summed E-state index contributed by atoms with van der Waals surface area (Å²) in [5, 5.41) is 0. The van der Waals surface area contributed by atoms with Crippen LogP contribution in [0, 0.1) is 0 Å². The SMILES string of the molecule is CC(c1ccc(Br)cc1)N1CCCS1(=O)=O. The maximum atomic E-state index is 11.8. The van der Waals surface area contributed by atoms with Gasteiger partial charge in [-0.1, -0.05) is 28.1 Å². The Balaban J connectivity index is 2.25. The van der Waals surface area contributed by atoms with Gasteiger partial charge in [-0.25, -0.2) is 8.42 Å². The van der Waals surface area contributed by atoms with E-state index in [4.69, 9.17) is 0 Å². The molecule has 1 aromatic rings. The van der Waals surface area contributed by atoms with Crippen molar-refractivity contribution in [2.24, 2.45) is 0 Å². The fourth-order valence-electron chi connectivity index (χ4n) is 2.00. The quantitative estimate of drug-likeness (QED) is 0.842. The lowest BCUT2D eigenvalue weighted by atomic mass is 10.1. The van der Waals surface area contributed by atoms with Gasteiger partial charge < -0.3 is 0 Å². The van der Waals surface area contributed by atoms with Gasteiger partial charge in [-0.15, -0.1) is 0 Å². The molecule has 1 fully saturated rings. The Morgan fingerprint density at radius 3 is 2.44 bits per heavy atom. The van der Waals surface area contributed by atoms with Crippen LogP contribution in [-0.4, -0.2) is 25.0 Å². The first-order valence-corrected chi connectivity index (χ1v) is 7.66. The van der Waals surface area contributed by atoms with E-state index in [1.807, 2.05) is 31.2 Å². The maximum absolute atomic E-state index is 11.8. The molecule has 1 aliphatic rings. The summed E-state index contributed by atoms with van der Waals surface area (Å²) < 4.78 is 26.1. The second-order valence-corrected chi connectivity index (χ2v) is 6.96. The van der Waals surface area contributed by atoms with Crippen LogP contribution in [0.1, 0.15) is 24.9 Å². The maximum Gasteiger partial charge on any atom is 0.214 e. The summed E-state index contributed by atoms with van der Waals surface area (Å²) in [6.07, 6.45) is 0.739. The van der Waals surface area contributed by atoms with Gasteiger partial charge in [0.25, 0.3) is 0 Å². The molecule has 0 aromatic heterocycles. The van der Waals surface area contributed by atoms with Crippen LogP contribution in [-0.2, 0) is 10.0 Å². The fourth-order valence-corrected chi connectivity index (χ4v) is 4.00. The van der Waals surface area contributed by atoms with E-state index in [0.29, 0.717) is 6.54 Å². The minimum atomic E-state index is -3.02. The Hall–Kier alpha value is -0.390. The Morgan fingerprint density at radius 1 is 1.31 bits per heavy atom. The largest absolute Gasteiger partial charge is 0.214 e. The van der Waals surface area contributed by atoms with Crippen molar-refractivity contribution in [1.29, 1.82) is 0 Å². The van der Waals surface area contributed by atoms with Gasteiger partial charge in [0, 0.05) is 17.1 Å². The van der Waals surface area contributed by atoms with Crippen molar-refractivity contribution in [1.82, 2.24) is 4.31 Å². The molecule has 3 nitrogen and oxygen atoms in total. The number of sulfonamides is 1. The van der Waals surface area contributed by atoms with Crippen molar-refractivity contribution in [2.45, 2.75) is 19.4 Å². The van der Waals surface area contributed by atoms with E-state index in [9.17, 15) is 8.42 Å². The van der Waals surface area contributed by atoms with Crippen LogP contribution >= 0.6 is 15.9 Å². The lowest BCUT2D eigenvalue weighted by Crippen LogP contribution is -2.28. The first kappa shape index (κ1) is 12.1. The van der Waals surface area contributed by atoms with Crippen LogP contribution in [0.25, 0.3) is 0 Å². The highest BCUT2D eigenvalue weighted by Crippen LogP contribution is 2.28. The van der Waals surface area contributed by atoms with E-state index in [0.717, 1.165) is 16.5 Å². The number of rotatable bonds is 2. The molecule has 0 spiro atoms. The van der Waals surface area contributed by atoms with Crippen molar-refractivity contribution in [3.8, 4) is 0 Å². The highest BCUT2D eigenvalue weighted by atomic mass is 79.9. The number of nitrogens with zero attached hydrogens (tertiary/aromatic N) is 1. The summed E-state index contributed by atoms with van der Waals surface area (Å²) in [4.78, 5) is 0. The molecule has 0 bridgehead atoms. The molecule has 0 saturated carbocycles. The molecule has 1 aromatic carbocycles. The first-order valence-electron chi connectivity index (χ1n) is 5.26. The number of hydrogen-bond donors (Lipinski definition) is 0. The highest BCUT2D eigenvalue weighted by molar-refractivity contribution is 9.10. The summed E-state index contributed by atoms with van der Waals surface area (Å²) >= 11 is 3.37. The zero-order valence-electron chi connectivity index (χ0n) is 9.06. The molecule has 0 N–H and O–H groups in total. The molecule has 0 aliphatic carbocycles. The molecule has 1 atom stereocenters. The number of halogens is 1. The van der Waals surface area contributed by atoms with E-state index < -0.39 is 10.0 Å². The third kappa shape index (κ3) is 2.31. The zero-order valence-corrected chi connectivity index (χ0v) is 11.5. The van der Waals surface area contributed by atoms with Crippen LogP contribution in [0.15, 0.2) is 28.7 Å². The Bertz CT molecular complexity index is 469. The third-order valence-corrected chi connectivity index (χ3v) is 5.47. The van der Waals surface area contributed by atoms with Gasteiger partial charge in [0.05, 0.1) is 5.75 Å². The topological polar surface area (TPSA) is 37.4 Å². The van der Waals surface area contributed by atoms with Crippen molar-refractivity contribution in [2.75, 3.05) is 12.3 Å². The first-order chi connectivity index (χ1) is 7.50. The van der Waals surface area contributed by atoms with E-state index in [1.165, 1.54) is 0 Å². The van der Waals surface area contributed by atoms with Gasteiger partial charge in [-0.05, 0) is 31.0 Å². The molecule has 1 aliphatic heterocycles. The lowest BCUT2D eigenvalue weighted by Gasteiger charge is -2.23. The molecule has 2 rings (SSSR count). The Kier molecular flexibility index (Phi) is 3.37. The summed E-state index contributed by atoms with van der Waals surface area (Å²) in [6, 6.07) is 7.73. The molecule has 1 saturated heterocycles. The van der Waals surface area contributed by atoms with Crippen LogP contribution in [0.2, 0.25) is 0 Å². The molecular formula is C11H14BrNO2S. The summed E-state index contributed by atoms with van der Waals surface area (Å²) in [6.45, 7) is 2.58. The molecule has 16 heavy (non-hydrogen) atoms. The summed E-state index contributed by atoms with van der Waals surface area (Å²) in [7, 11) is -3.02. The third-order valence-electron chi connectivity index (χ3n) is 2.92. The highest BCUT2D eigenvalue weighted by Gasteiger charge is 2.32. The van der Waals surface area contributed by atoms with E-state index >= 15 is 0 Å². The van der Waals surface area contributed by atoms with Crippen LogP contribution in [0.3, 0.4) is 0 Å². The van der Waals surface area contributed by atoms with E-state index in [1.54, 1.807) is 4.31 Å². The molecule has 1 heterocycles. The van der Waals surface area contributed by atoms with Gasteiger partial charge in [-0.3, -0.25) is 0 Å². The normalized spacial score (nSPS) is 22.1. The molecule has 88 valence electrons. The van der Waals surface area contributed by atoms with Crippen molar-refractivity contribution in [3.05, 3.63) is 34.3 Å². The van der Waals surface area contributed by atoms with Gasteiger partial charge in [0.1, 0.15) is 0 Å². The lowest BCUT2D eigenvalue weighted by molar-refractivity contribution is 0.369. The molecule has 1 unspecified atom stereocenters. The second-order valence-electron chi connectivity index (χ2n) is 4.01. The van der Waals surface area contributed by atoms with Crippen LogP contribution in [0.5, 0.6) is 0 Å². The summed E-state index contributed by atoms with van der Waals surface area (Å²) in [5.41, 5.74) is 1.04. The van der Waals surface area contributed by atoms with Crippen molar-refractivity contribution in [3.63, 3.8) is 0 Å². The average Bonchev–Trinajstić information content (AvgIpc) is 2.58. The number of benzene rings is 1. The fraction of sp³-hybridized carbons (Fsp3) is 0.455. The van der Waals surface area contributed by atoms with E-state index in [2.05, 4.69) is 15.9 Å². The molecule has 0 radical (unpaired) electrons. The van der Waals surface area contributed by atoms with Crippen LogP contribution < -0.4 is 0 Å². The van der Waals surface area contributed by atoms with Gasteiger partial charge >= 0.3 is 0 Å². The van der Waals surface area contributed by atoms with Gasteiger partial charge in [0.2, 0.25) is 10.0 Å². The standard InChI is InChI=1S/C11H14BrNO2S/c1-9(10-3-5-11(12)6-4-10)13-7-2-8-16(13,14)15/h3-6,9H,2,7-8H2,1H3. The minimum absolute atomic E-state index is 0.0689. The van der Waals surface area contributed by atoms with Gasteiger partial charge in [-0.2, -0.15) is 4.31 Å². The van der Waals surface area contributed by atoms with E-state index in [-0.39, 0.29) is 11.8 Å². The zero-order chi connectivity index (χ0) is 11.8. The van der Waals surface area contributed by atoms with Crippen molar-refractivity contribution < 1.29 is 8.42 Å². The number of hydrogen-bond acceptors (Lipinski definition) is 2. The monoisotopic (exact) mass is 303 g/mol. The molecule has 0 amide bonds. The van der Waals surface area contributed by atoms with Gasteiger partial charge in [0.15, 0.2) is 0 Å². The van der Waals surface area contributed by atoms with Crippen LogP contribution in [0.4, 0.5) is 0 Å². The Labute approximate surface area is 105 Å². The second kappa shape index (κ2) is 4.47. The minimum Gasteiger partial charge on any atom is -0.212 e. The average molecular weight is 304 g/mol. The summed E-state index contributed by atoms with van der Waals surface area (Å²) in [5.74, 6) is 0.286. The smallest absolute Gasteiger partial charge is 0.212 e. The predicted octanol–water partition coefficient (Wildman–Crippen LogP) is 2.55.